The highest BCUT2D eigenvalue weighted by atomic mass is 32.2. The van der Waals surface area contributed by atoms with Crippen molar-refractivity contribution < 1.29 is 26.3 Å². The van der Waals surface area contributed by atoms with Gasteiger partial charge in [-0.15, -0.1) is 23.4 Å². The topological polar surface area (TPSA) is 118 Å². The van der Waals surface area contributed by atoms with Crippen molar-refractivity contribution in [1.29, 1.82) is 0 Å². The van der Waals surface area contributed by atoms with Crippen molar-refractivity contribution in [3.8, 4) is 5.75 Å². The first-order valence-electron chi connectivity index (χ1n) is 8.82. The molecule has 2 heterocycles. The monoisotopic (exact) mass is 454 g/mol. The molecule has 2 aromatic heterocycles. The summed E-state index contributed by atoms with van der Waals surface area (Å²) < 4.78 is 67.0. The number of ether oxygens (including phenoxy) is 1. The van der Waals surface area contributed by atoms with Gasteiger partial charge in [-0.3, -0.25) is 0 Å². The summed E-state index contributed by atoms with van der Waals surface area (Å²) in [5, 5.41) is 13.8. The Hall–Kier alpha value is -3.45. The van der Waals surface area contributed by atoms with E-state index in [1.807, 2.05) is 6.07 Å². The SMILES string of the molecule is O=S(=O)(NCCNc1ccc(Nc2ccccn2)nn1)c1ccc(OC(F)(F)F)cc1. The smallest absolute Gasteiger partial charge is 0.406 e. The van der Waals surface area contributed by atoms with Crippen LogP contribution < -0.4 is 20.1 Å². The van der Waals surface area contributed by atoms with E-state index in [4.69, 9.17) is 0 Å². The van der Waals surface area contributed by atoms with Crippen molar-refractivity contribution in [3.63, 3.8) is 0 Å². The lowest BCUT2D eigenvalue weighted by molar-refractivity contribution is -0.274. The maximum absolute atomic E-state index is 12.2. The van der Waals surface area contributed by atoms with Gasteiger partial charge in [-0.05, 0) is 48.5 Å². The number of nitrogens with one attached hydrogen (secondary N) is 3. The van der Waals surface area contributed by atoms with E-state index < -0.39 is 22.1 Å². The van der Waals surface area contributed by atoms with Gasteiger partial charge in [0, 0.05) is 19.3 Å². The highest BCUT2D eigenvalue weighted by Crippen LogP contribution is 2.23. The van der Waals surface area contributed by atoms with Crippen LogP contribution in [0.5, 0.6) is 5.75 Å². The molecule has 0 saturated heterocycles. The molecule has 0 bridgehead atoms. The average Bonchev–Trinajstić information content (AvgIpc) is 2.72. The summed E-state index contributed by atoms with van der Waals surface area (Å²) in [6, 6.07) is 12.6. The molecule has 3 N–H and O–H groups in total. The maximum Gasteiger partial charge on any atom is 0.573 e. The second-order valence-electron chi connectivity index (χ2n) is 5.99. The summed E-state index contributed by atoms with van der Waals surface area (Å²) in [6.07, 6.45) is -3.21. The molecule has 0 aliphatic heterocycles. The number of halogens is 3. The summed E-state index contributed by atoms with van der Waals surface area (Å²) in [5.74, 6) is 1.03. The molecule has 13 heteroatoms. The first kappa shape index (κ1) is 22.2. The summed E-state index contributed by atoms with van der Waals surface area (Å²) in [4.78, 5) is 3.92. The lowest BCUT2D eigenvalue weighted by atomic mass is 10.3. The normalized spacial score (nSPS) is 11.7. The second kappa shape index (κ2) is 9.57. The number of aromatic nitrogens is 3. The molecule has 3 aromatic rings. The minimum atomic E-state index is -4.85. The van der Waals surface area contributed by atoms with Crippen molar-refractivity contribution >= 4 is 27.5 Å². The Morgan fingerprint density at radius 1 is 0.871 bits per heavy atom. The van der Waals surface area contributed by atoms with Crippen molar-refractivity contribution in [2.75, 3.05) is 23.7 Å². The molecule has 0 unspecified atom stereocenters. The molecule has 9 nitrogen and oxygen atoms in total. The quantitative estimate of drug-likeness (QED) is 0.423. The second-order valence-corrected chi connectivity index (χ2v) is 7.75. The fourth-order valence-corrected chi connectivity index (χ4v) is 3.37. The molecule has 0 amide bonds. The summed E-state index contributed by atoms with van der Waals surface area (Å²) >= 11 is 0. The molecule has 31 heavy (non-hydrogen) atoms. The molecule has 0 aliphatic carbocycles. The van der Waals surface area contributed by atoms with Gasteiger partial charge in [0.05, 0.1) is 4.90 Å². The summed E-state index contributed by atoms with van der Waals surface area (Å²) in [5.41, 5.74) is 0. The molecule has 164 valence electrons. The van der Waals surface area contributed by atoms with Crippen LogP contribution in [0.15, 0.2) is 65.7 Å². The summed E-state index contributed by atoms with van der Waals surface area (Å²) in [7, 11) is -3.90. The number of rotatable bonds is 9. The molecular formula is C18H17F3N6O3S. The minimum Gasteiger partial charge on any atom is -0.406 e. The Labute approximate surface area is 175 Å². The highest BCUT2D eigenvalue weighted by Gasteiger charge is 2.31. The number of benzene rings is 1. The van der Waals surface area contributed by atoms with E-state index in [1.54, 1.807) is 30.5 Å². The van der Waals surface area contributed by atoms with E-state index in [0.717, 1.165) is 24.3 Å². The third-order valence-electron chi connectivity index (χ3n) is 3.68. The standard InChI is InChI=1S/C18H17F3N6O3S/c19-18(20,21)30-13-4-6-14(7-5-13)31(28,29)24-12-11-23-16-8-9-17(27-26-16)25-15-3-1-2-10-22-15/h1-10,24H,11-12H2,(H,23,26)(H,22,25,27). The fourth-order valence-electron chi connectivity index (χ4n) is 2.34. The zero-order valence-corrected chi connectivity index (χ0v) is 16.6. The number of alkyl halides is 3. The lowest BCUT2D eigenvalue weighted by Gasteiger charge is -2.11. The van der Waals surface area contributed by atoms with Crippen LogP contribution in [0.3, 0.4) is 0 Å². The van der Waals surface area contributed by atoms with Crippen molar-refractivity contribution in [2.45, 2.75) is 11.3 Å². The molecule has 0 radical (unpaired) electrons. The number of pyridine rings is 1. The Morgan fingerprint density at radius 2 is 1.58 bits per heavy atom. The van der Waals surface area contributed by atoms with Gasteiger partial charge >= 0.3 is 6.36 Å². The van der Waals surface area contributed by atoms with Gasteiger partial charge in [-0.25, -0.2) is 18.1 Å². The minimum absolute atomic E-state index is 0.0127. The first-order valence-corrected chi connectivity index (χ1v) is 10.3. The zero-order valence-electron chi connectivity index (χ0n) is 15.8. The number of nitrogens with zero attached hydrogens (tertiary/aromatic N) is 3. The third kappa shape index (κ3) is 7.08. The van der Waals surface area contributed by atoms with Gasteiger partial charge in [-0.1, -0.05) is 6.07 Å². The molecule has 0 saturated carbocycles. The van der Waals surface area contributed by atoms with Gasteiger partial charge in [0.15, 0.2) is 5.82 Å². The first-order chi connectivity index (χ1) is 14.7. The van der Waals surface area contributed by atoms with Crippen LogP contribution in [0.25, 0.3) is 0 Å². The highest BCUT2D eigenvalue weighted by molar-refractivity contribution is 7.89. The molecular weight excluding hydrogens is 437 g/mol. The van der Waals surface area contributed by atoms with Gasteiger partial charge in [0.2, 0.25) is 10.0 Å². The molecule has 1 aromatic carbocycles. The molecule has 3 rings (SSSR count). The van der Waals surface area contributed by atoms with E-state index in [1.165, 1.54) is 0 Å². The van der Waals surface area contributed by atoms with Crippen LogP contribution in [-0.4, -0.2) is 43.1 Å². The Kier molecular flexibility index (Phi) is 6.87. The van der Waals surface area contributed by atoms with Crippen LogP contribution in [0, 0.1) is 0 Å². The predicted octanol–water partition coefficient (Wildman–Crippen LogP) is 2.90. The summed E-state index contributed by atoms with van der Waals surface area (Å²) in [6.45, 7) is 0.217. The van der Waals surface area contributed by atoms with Gasteiger partial charge < -0.3 is 15.4 Å². The number of hydrogen-bond acceptors (Lipinski definition) is 8. The molecule has 0 spiro atoms. The number of anilines is 3. The van der Waals surface area contributed by atoms with Crippen LogP contribution >= 0.6 is 0 Å². The average molecular weight is 454 g/mol. The van der Waals surface area contributed by atoms with Gasteiger partial charge in [-0.2, -0.15) is 0 Å². The van der Waals surface area contributed by atoms with E-state index in [0.29, 0.717) is 17.5 Å². The fraction of sp³-hybridized carbons (Fsp3) is 0.167. The van der Waals surface area contributed by atoms with Crippen molar-refractivity contribution in [3.05, 3.63) is 60.8 Å². The molecule has 0 aliphatic rings. The molecule has 0 atom stereocenters. The Morgan fingerprint density at radius 3 is 2.19 bits per heavy atom. The Bertz CT molecular complexity index is 1080. The van der Waals surface area contributed by atoms with E-state index in [2.05, 4.69) is 35.3 Å². The largest absolute Gasteiger partial charge is 0.573 e. The van der Waals surface area contributed by atoms with Crippen molar-refractivity contribution in [2.24, 2.45) is 0 Å². The zero-order chi connectivity index (χ0) is 22.3. The Balaban J connectivity index is 1.46. The predicted molar refractivity (Wildman–Crippen MR) is 106 cm³/mol. The van der Waals surface area contributed by atoms with Gasteiger partial charge in [0.1, 0.15) is 17.4 Å². The van der Waals surface area contributed by atoms with Crippen molar-refractivity contribution in [1.82, 2.24) is 19.9 Å². The number of hydrogen-bond donors (Lipinski definition) is 3. The molecule has 0 fully saturated rings. The van der Waals surface area contributed by atoms with E-state index >= 15 is 0 Å². The van der Waals surface area contributed by atoms with Crippen LogP contribution in [-0.2, 0) is 10.0 Å². The number of sulfonamides is 1. The van der Waals surface area contributed by atoms with E-state index in [9.17, 15) is 21.6 Å². The van der Waals surface area contributed by atoms with Crippen LogP contribution in [0.2, 0.25) is 0 Å². The maximum atomic E-state index is 12.2. The van der Waals surface area contributed by atoms with Gasteiger partial charge in [0.25, 0.3) is 0 Å². The van der Waals surface area contributed by atoms with Crippen LogP contribution in [0.4, 0.5) is 30.6 Å². The van der Waals surface area contributed by atoms with E-state index in [-0.39, 0.29) is 18.0 Å². The van der Waals surface area contributed by atoms with Crippen LogP contribution in [0.1, 0.15) is 0 Å². The third-order valence-corrected chi connectivity index (χ3v) is 5.15. The lowest BCUT2D eigenvalue weighted by Crippen LogP contribution is -2.29.